The van der Waals surface area contributed by atoms with Gasteiger partial charge in [-0.1, -0.05) is 6.07 Å². The predicted octanol–water partition coefficient (Wildman–Crippen LogP) is 1.29. The lowest BCUT2D eigenvalue weighted by Gasteiger charge is -2.21. The van der Waals surface area contributed by atoms with Crippen LogP contribution in [0.25, 0.3) is 0 Å². The summed E-state index contributed by atoms with van der Waals surface area (Å²) in [6.45, 7) is 0. The number of esters is 1. The van der Waals surface area contributed by atoms with Gasteiger partial charge in [0.1, 0.15) is 18.3 Å². The normalized spacial score (nSPS) is 20.6. The van der Waals surface area contributed by atoms with Crippen molar-refractivity contribution >= 4 is 11.8 Å². The lowest BCUT2D eigenvalue weighted by Crippen LogP contribution is -2.29. The topological polar surface area (TPSA) is 56.3 Å². The Morgan fingerprint density at radius 3 is 3.00 bits per heavy atom. The molecule has 1 aliphatic rings. The zero-order chi connectivity index (χ0) is 11.4. The molecule has 2 rings (SSSR count). The second-order valence-corrected chi connectivity index (χ2v) is 3.93. The molecule has 4 heteroatoms. The van der Waals surface area contributed by atoms with Gasteiger partial charge < -0.3 is 4.74 Å². The number of ether oxygens (including phenoxy) is 1. The summed E-state index contributed by atoms with van der Waals surface area (Å²) in [6.07, 6.45) is 4.99. The molecule has 0 bridgehead atoms. The Morgan fingerprint density at radius 2 is 2.31 bits per heavy atom. The number of aryl methyl sites for hydroxylation is 1. The van der Waals surface area contributed by atoms with Crippen molar-refractivity contribution in [1.82, 2.24) is 4.98 Å². The lowest BCUT2D eigenvalue weighted by molar-refractivity contribution is -0.157. The molecule has 1 aliphatic heterocycles. The number of pyridine rings is 1. The Balaban J connectivity index is 1.86. The Labute approximate surface area is 93.6 Å². The molecule has 0 N–H and O–H groups in total. The fraction of sp³-hybridized carbons (Fsp3) is 0.417. The molecule has 1 atom stereocenters. The molecule has 1 fully saturated rings. The number of carbonyl (C=O) groups is 2. The third kappa shape index (κ3) is 2.89. The molecule has 1 saturated heterocycles. The highest BCUT2D eigenvalue weighted by molar-refractivity contribution is 5.97. The van der Waals surface area contributed by atoms with Crippen molar-refractivity contribution in [2.24, 2.45) is 0 Å². The van der Waals surface area contributed by atoms with Crippen molar-refractivity contribution < 1.29 is 14.3 Å². The van der Waals surface area contributed by atoms with Crippen LogP contribution in [0.4, 0.5) is 0 Å². The summed E-state index contributed by atoms with van der Waals surface area (Å²) in [6, 6.07) is 3.84. The molecule has 16 heavy (non-hydrogen) atoms. The van der Waals surface area contributed by atoms with Crippen LogP contribution in [0.5, 0.6) is 0 Å². The van der Waals surface area contributed by atoms with Crippen LogP contribution in [0.2, 0.25) is 0 Å². The highest BCUT2D eigenvalue weighted by Gasteiger charge is 2.26. The third-order valence-corrected chi connectivity index (χ3v) is 2.57. The smallest absolute Gasteiger partial charge is 0.313 e. The Morgan fingerprint density at radius 1 is 1.44 bits per heavy atom. The average Bonchev–Trinajstić information content (AvgIpc) is 2.27. The van der Waals surface area contributed by atoms with E-state index in [2.05, 4.69) is 4.98 Å². The second-order valence-electron chi connectivity index (χ2n) is 3.93. The van der Waals surface area contributed by atoms with E-state index in [0.29, 0.717) is 12.8 Å². The van der Waals surface area contributed by atoms with Crippen molar-refractivity contribution in [3.05, 3.63) is 30.1 Å². The zero-order valence-electron chi connectivity index (χ0n) is 8.89. The molecule has 1 aromatic heterocycles. The number of cyclic esters (lactones) is 1. The van der Waals surface area contributed by atoms with Gasteiger partial charge in [-0.15, -0.1) is 0 Å². The largest absolute Gasteiger partial charge is 0.462 e. The molecular formula is C12H13NO3. The van der Waals surface area contributed by atoms with Crippen LogP contribution in [-0.2, 0) is 20.7 Å². The maximum Gasteiger partial charge on any atom is 0.313 e. The standard InChI is InChI=1S/C12H13NO3/c14-10-6-11(16-12(15)7-10)4-3-9-2-1-5-13-8-9/h1-2,5,8,11H,3-4,6-7H2. The van der Waals surface area contributed by atoms with Gasteiger partial charge in [0.2, 0.25) is 0 Å². The van der Waals surface area contributed by atoms with E-state index in [-0.39, 0.29) is 18.3 Å². The van der Waals surface area contributed by atoms with E-state index in [1.807, 2.05) is 12.1 Å². The quantitative estimate of drug-likeness (QED) is 0.567. The fourth-order valence-corrected chi connectivity index (χ4v) is 1.79. The molecule has 0 amide bonds. The molecule has 0 aromatic carbocycles. The van der Waals surface area contributed by atoms with Gasteiger partial charge in [0.25, 0.3) is 0 Å². The van der Waals surface area contributed by atoms with E-state index in [9.17, 15) is 9.59 Å². The number of carbonyl (C=O) groups excluding carboxylic acids is 2. The first-order valence-electron chi connectivity index (χ1n) is 5.34. The molecule has 1 unspecified atom stereocenters. The highest BCUT2D eigenvalue weighted by atomic mass is 16.5. The number of Topliss-reactive ketones (excluding diaryl/α,β-unsaturated/α-hetero) is 1. The number of ketones is 1. The average molecular weight is 219 g/mol. The van der Waals surface area contributed by atoms with Crippen LogP contribution in [0.1, 0.15) is 24.8 Å². The monoisotopic (exact) mass is 219 g/mol. The van der Waals surface area contributed by atoms with E-state index < -0.39 is 5.97 Å². The SMILES string of the molecule is O=C1CC(=O)OC(CCc2cccnc2)C1. The van der Waals surface area contributed by atoms with E-state index in [0.717, 1.165) is 12.0 Å². The second kappa shape index (κ2) is 4.88. The molecule has 0 aliphatic carbocycles. The van der Waals surface area contributed by atoms with Crippen LogP contribution in [0.15, 0.2) is 24.5 Å². The first-order valence-corrected chi connectivity index (χ1v) is 5.34. The van der Waals surface area contributed by atoms with Crippen molar-refractivity contribution in [3.8, 4) is 0 Å². The summed E-state index contributed by atoms with van der Waals surface area (Å²) in [5, 5.41) is 0. The minimum Gasteiger partial charge on any atom is -0.462 e. The zero-order valence-corrected chi connectivity index (χ0v) is 8.89. The van der Waals surface area contributed by atoms with Crippen molar-refractivity contribution in [2.75, 3.05) is 0 Å². The van der Waals surface area contributed by atoms with Gasteiger partial charge in [0.15, 0.2) is 0 Å². The number of hydrogen-bond acceptors (Lipinski definition) is 4. The first-order chi connectivity index (χ1) is 7.74. The van der Waals surface area contributed by atoms with Gasteiger partial charge in [-0.25, -0.2) is 0 Å². The maximum atomic E-state index is 11.2. The van der Waals surface area contributed by atoms with Crippen molar-refractivity contribution in [1.29, 1.82) is 0 Å². The van der Waals surface area contributed by atoms with Crippen LogP contribution in [-0.4, -0.2) is 22.8 Å². The van der Waals surface area contributed by atoms with Crippen LogP contribution in [0.3, 0.4) is 0 Å². The molecule has 0 saturated carbocycles. The number of aromatic nitrogens is 1. The Bertz CT molecular complexity index is 373. The minimum absolute atomic E-state index is 0.0209. The molecule has 84 valence electrons. The molecule has 0 radical (unpaired) electrons. The molecule has 0 spiro atoms. The molecular weight excluding hydrogens is 206 g/mol. The van der Waals surface area contributed by atoms with Gasteiger partial charge in [-0.3, -0.25) is 14.6 Å². The summed E-state index contributed by atoms with van der Waals surface area (Å²) in [4.78, 5) is 26.2. The van der Waals surface area contributed by atoms with Gasteiger partial charge >= 0.3 is 5.97 Å². The third-order valence-electron chi connectivity index (χ3n) is 2.57. The van der Waals surface area contributed by atoms with Crippen LogP contribution >= 0.6 is 0 Å². The van der Waals surface area contributed by atoms with E-state index in [1.165, 1.54) is 0 Å². The van der Waals surface area contributed by atoms with E-state index in [1.54, 1.807) is 12.4 Å². The van der Waals surface area contributed by atoms with Crippen LogP contribution < -0.4 is 0 Å². The van der Waals surface area contributed by atoms with E-state index >= 15 is 0 Å². The Kier molecular flexibility index (Phi) is 3.29. The van der Waals surface area contributed by atoms with Gasteiger partial charge in [-0.05, 0) is 24.5 Å². The summed E-state index contributed by atoms with van der Waals surface area (Å²) < 4.78 is 5.10. The van der Waals surface area contributed by atoms with E-state index in [4.69, 9.17) is 4.74 Å². The maximum absolute atomic E-state index is 11.2. The number of rotatable bonds is 3. The fourth-order valence-electron chi connectivity index (χ4n) is 1.79. The summed E-state index contributed by atoms with van der Waals surface area (Å²) in [5.41, 5.74) is 1.09. The minimum atomic E-state index is -0.396. The number of hydrogen-bond donors (Lipinski definition) is 0. The van der Waals surface area contributed by atoms with Gasteiger partial charge in [-0.2, -0.15) is 0 Å². The van der Waals surface area contributed by atoms with Crippen LogP contribution in [0, 0.1) is 0 Å². The summed E-state index contributed by atoms with van der Waals surface area (Å²) in [5.74, 6) is -0.417. The predicted molar refractivity (Wildman–Crippen MR) is 56.7 cm³/mol. The first kappa shape index (κ1) is 10.8. The van der Waals surface area contributed by atoms with Gasteiger partial charge in [0, 0.05) is 18.8 Å². The summed E-state index contributed by atoms with van der Waals surface area (Å²) >= 11 is 0. The van der Waals surface area contributed by atoms with Crippen molar-refractivity contribution in [3.63, 3.8) is 0 Å². The molecule has 4 nitrogen and oxygen atoms in total. The lowest BCUT2D eigenvalue weighted by atomic mass is 10.0. The Hall–Kier alpha value is -1.71. The van der Waals surface area contributed by atoms with Gasteiger partial charge in [0.05, 0.1) is 0 Å². The summed E-state index contributed by atoms with van der Waals surface area (Å²) in [7, 11) is 0. The van der Waals surface area contributed by atoms with Crippen molar-refractivity contribution in [2.45, 2.75) is 31.8 Å². The highest BCUT2D eigenvalue weighted by Crippen LogP contribution is 2.16. The molecule has 1 aromatic rings. The number of nitrogens with zero attached hydrogens (tertiary/aromatic N) is 1. The molecule has 2 heterocycles.